The summed E-state index contributed by atoms with van der Waals surface area (Å²) in [5.41, 5.74) is 3.71. The molecule has 168 valence electrons. The molecule has 1 aliphatic heterocycles. The van der Waals surface area contributed by atoms with Crippen molar-refractivity contribution in [2.45, 2.75) is 32.7 Å². The van der Waals surface area contributed by atoms with Gasteiger partial charge in [-0.05, 0) is 31.0 Å². The molecule has 1 atom stereocenters. The SMILES string of the molecule is CC(C)CNC(=O)c1cc([C@@H]2CCN(Cc3cnc(N(C)C)nc3)C2)nc2ccccc12. The van der Waals surface area contributed by atoms with Crippen LogP contribution in [0.4, 0.5) is 5.95 Å². The number of benzene rings is 1. The Balaban J connectivity index is 1.51. The van der Waals surface area contributed by atoms with Crippen LogP contribution in [0.25, 0.3) is 10.9 Å². The Morgan fingerprint density at radius 2 is 1.97 bits per heavy atom. The summed E-state index contributed by atoms with van der Waals surface area (Å²) >= 11 is 0. The van der Waals surface area contributed by atoms with E-state index in [1.807, 2.05) is 61.7 Å². The van der Waals surface area contributed by atoms with Crippen molar-refractivity contribution in [2.75, 3.05) is 38.6 Å². The monoisotopic (exact) mass is 432 g/mol. The van der Waals surface area contributed by atoms with Crippen LogP contribution < -0.4 is 10.2 Å². The van der Waals surface area contributed by atoms with Gasteiger partial charge in [0.25, 0.3) is 5.91 Å². The summed E-state index contributed by atoms with van der Waals surface area (Å²) in [6.07, 6.45) is 4.83. The van der Waals surface area contributed by atoms with Crippen LogP contribution in [-0.2, 0) is 6.54 Å². The highest BCUT2D eigenvalue weighted by atomic mass is 16.1. The van der Waals surface area contributed by atoms with Gasteiger partial charge in [-0.15, -0.1) is 0 Å². The minimum absolute atomic E-state index is 0.0217. The van der Waals surface area contributed by atoms with Crippen LogP contribution in [0.3, 0.4) is 0 Å². The number of para-hydroxylation sites is 1. The van der Waals surface area contributed by atoms with E-state index >= 15 is 0 Å². The maximum absolute atomic E-state index is 12.9. The zero-order valence-corrected chi connectivity index (χ0v) is 19.4. The number of fused-ring (bicyclic) bond motifs is 1. The number of hydrogen-bond acceptors (Lipinski definition) is 6. The second-order valence-electron chi connectivity index (χ2n) is 9.22. The molecule has 0 saturated carbocycles. The van der Waals surface area contributed by atoms with E-state index in [0.717, 1.165) is 59.7 Å². The first kappa shape index (κ1) is 22.1. The van der Waals surface area contributed by atoms with Crippen molar-refractivity contribution >= 4 is 22.8 Å². The zero-order chi connectivity index (χ0) is 22.7. The number of rotatable bonds is 7. The molecule has 32 heavy (non-hydrogen) atoms. The Labute approximate surface area is 189 Å². The van der Waals surface area contributed by atoms with Gasteiger partial charge in [-0.2, -0.15) is 0 Å². The van der Waals surface area contributed by atoms with Gasteiger partial charge in [0, 0.05) is 68.7 Å². The first-order valence-corrected chi connectivity index (χ1v) is 11.3. The van der Waals surface area contributed by atoms with E-state index < -0.39 is 0 Å². The molecular formula is C25H32N6O. The number of likely N-dealkylation sites (tertiary alicyclic amines) is 1. The van der Waals surface area contributed by atoms with Gasteiger partial charge in [0.1, 0.15) is 0 Å². The molecule has 4 rings (SSSR count). The molecule has 0 aliphatic carbocycles. The molecule has 1 aromatic carbocycles. The number of pyridine rings is 1. The van der Waals surface area contributed by atoms with Gasteiger partial charge in [-0.3, -0.25) is 14.7 Å². The van der Waals surface area contributed by atoms with Crippen molar-refractivity contribution in [3.63, 3.8) is 0 Å². The summed E-state index contributed by atoms with van der Waals surface area (Å²) in [6, 6.07) is 9.92. The standard InChI is InChI=1S/C25H32N6O/c1-17(2)12-26-24(32)21-11-23(29-22-8-6-5-7-20(21)22)19-9-10-31(16-19)15-18-13-27-25(28-14-18)30(3)4/h5-8,11,13-14,17,19H,9-10,12,15-16H2,1-4H3,(H,26,32)/t19-/m1/s1. The van der Waals surface area contributed by atoms with Gasteiger partial charge in [0.05, 0.1) is 11.1 Å². The Morgan fingerprint density at radius 1 is 1.22 bits per heavy atom. The number of amides is 1. The average molecular weight is 433 g/mol. The molecule has 0 unspecified atom stereocenters. The number of hydrogen-bond donors (Lipinski definition) is 1. The molecule has 0 spiro atoms. The molecule has 7 nitrogen and oxygen atoms in total. The number of carbonyl (C=O) groups excluding carboxylic acids is 1. The predicted molar refractivity (Wildman–Crippen MR) is 128 cm³/mol. The van der Waals surface area contributed by atoms with Crippen LogP contribution in [-0.4, -0.2) is 59.5 Å². The lowest BCUT2D eigenvalue weighted by molar-refractivity contribution is 0.0950. The second-order valence-corrected chi connectivity index (χ2v) is 9.22. The van der Waals surface area contributed by atoms with E-state index in [4.69, 9.17) is 4.98 Å². The van der Waals surface area contributed by atoms with Crippen molar-refractivity contribution in [1.29, 1.82) is 0 Å². The van der Waals surface area contributed by atoms with Gasteiger partial charge in [0.2, 0.25) is 5.95 Å². The topological polar surface area (TPSA) is 74.2 Å². The molecule has 1 amide bonds. The minimum atomic E-state index is -0.0217. The Bertz CT molecular complexity index is 1080. The zero-order valence-electron chi connectivity index (χ0n) is 19.4. The van der Waals surface area contributed by atoms with Crippen LogP contribution in [0.5, 0.6) is 0 Å². The third kappa shape index (κ3) is 5.05. The fourth-order valence-electron chi connectivity index (χ4n) is 4.12. The van der Waals surface area contributed by atoms with Crippen molar-refractivity contribution in [3.8, 4) is 0 Å². The lowest BCUT2D eigenvalue weighted by Gasteiger charge is -2.17. The van der Waals surface area contributed by atoms with Crippen molar-refractivity contribution in [2.24, 2.45) is 5.92 Å². The van der Waals surface area contributed by atoms with Crippen molar-refractivity contribution in [1.82, 2.24) is 25.2 Å². The molecule has 0 radical (unpaired) electrons. The Morgan fingerprint density at radius 3 is 2.69 bits per heavy atom. The molecular weight excluding hydrogens is 400 g/mol. The number of nitrogens with zero attached hydrogens (tertiary/aromatic N) is 5. The lowest BCUT2D eigenvalue weighted by Crippen LogP contribution is -2.28. The summed E-state index contributed by atoms with van der Waals surface area (Å²) < 4.78 is 0. The molecule has 7 heteroatoms. The van der Waals surface area contributed by atoms with E-state index in [0.29, 0.717) is 18.4 Å². The summed E-state index contributed by atoms with van der Waals surface area (Å²) in [5, 5.41) is 3.98. The smallest absolute Gasteiger partial charge is 0.252 e. The maximum Gasteiger partial charge on any atom is 0.252 e. The summed E-state index contributed by atoms with van der Waals surface area (Å²) in [6.45, 7) is 7.58. The second kappa shape index (κ2) is 9.61. The van der Waals surface area contributed by atoms with Crippen molar-refractivity contribution < 1.29 is 4.79 Å². The third-order valence-corrected chi connectivity index (χ3v) is 5.84. The predicted octanol–water partition coefficient (Wildman–Crippen LogP) is 3.47. The Kier molecular flexibility index (Phi) is 6.65. The van der Waals surface area contributed by atoms with Crippen molar-refractivity contribution in [3.05, 3.63) is 59.5 Å². The molecule has 1 saturated heterocycles. The average Bonchev–Trinajstić information content (AvgIpc) is 3.25. The van der Waals surface area contributed by atoms with Crippen LogP contribution in [0.15, 0.2) is 42.7 Å². The summed E-state index contributed by atoms with van der Waals surface area (Å²) in [4.78, 5) is 31.0. The van der Waals surface area contributed by atoms with Gasteiger partial charge in [-0.25, -0.2) is 9.97 Å². The van der Waals surface area contributed by atoms with Gasteiger partial charge >= 0.3 is 0 Å². The van der Waals surface area contributed by atoms with Gasteiger partial charge in [0.15, 0.2) is 0 Å². The van der Waals surface area contributed by atoms with E-state index in [1.165, 1.54) is 0 Å². The van der Waals surface area contributed by atoms with E-state index in [9.17, 15) is 4.79 Å². The highest BCUT2D eigenvalue weighted by Crippen LogP contribution is 2.30. The fraction of sp³-hybridized carbons (Fsp3) is 0.440. The normalized spacial score (nSPS) is 16.6. The molecule has 3 heterocycles. The summed E-state index contributed by atoms with van der Waals surface area (Å²) in [7, 11) is 3.88. The number of aromatic nitrogens is 3. The summed E-state index contributed by atoms with van der Waals surface area (Å²) in [5.74, 6) is 1.41. The number of anilines is 1. The molecule has 3 aromatic rings. The highest BCUT2D eigenvalue weighted by molar-refractivity contribution is 6.06. The van der Waals surface area contributed by atoms with Gasteiger partial charge < -0.3 is 10.2 Å². The van der Waals surface area contributed by atoms with E-state index in [2.05, 4.69) is 34.0 Å². The van der Waals surface area contributed by atoms with Gasteiger partial charge in [-0.1, -0.05) is 32.0 Å². The molecule has 1 N–H and O–H groups in total. The number of nitrogens with one attached hydrogen (secondary N) is 1. The van der Waals surface area contributed by atoms with Crippen LogP contribution >= 0.6 is 0 Å². The van der Waals surface area contributed by atoms with E-state index in [-0.39, 0.29) is 5.91 Å². The minimum Gasteiger partial charge on any atom is -0.352 e. The molecule has 0 bridgehead atoms. The lowest BCUT2D eigenvalue weighted by atomic mass is 9.99. The maximum atomic E-state index is 12.9. The van der Waals surface area contributed by atoms with Crippen LogP contribution in [0.2, 0.25) is 0 Å². The van der Waals surface area contributed by atoms with Crippen LogP contribution in [0, 0.1) is 5.92 Å². The number of carbonyl (C=O) groups is 1. The largest absolute Gasteiger partial charge is 0.352 e. The van der Waals surface area contributed by atoms with Crippen LogP contribution in [0.1, 0.15) is 47.8 Å². The van der Waals surface area contributed by atoms with E-state index in [1.54, 1.807) is 0 Å². The molecule has 2 aromatic heterocycles. The first-order valence-electron chi connectivity index (χ1n) is 11.3. The Hall–Kier alpha value is -3.06. The molecule has 1 aliphatic rings. The third-order valence-electron chi connectivity index (χ3n) is 5.84. The highest BCUT2D eigenvalue weighted by Gasteiger charge is 2.26. The quantitative estimate of drug-likeness (QED) is 0.616. The first-order chi connectivity index (χ1) is 15.4. The fourth-order valence-corrected chi connectivity index (χ4v) is 4.12. The molecule has 1 fully saturated rings.